The van der Waals surface area contributed by atoms with E-state index in [1.54, 1.807) is 18.8 Å². The van der Waals surface area contributed by atoms with Gasteiger partial charge in [0, 0.05) is 31.3 Å². The average molecular weight is 369 g/mol. The van der Waals surface area contributed by atoms with E-state index >= 15 is 0 Å². The molecular formula is C21H27N3O3. The van der Waals surface area contributed by atoms with Crippen LogP contribution < -0.4 is 20.1 Å². The van der Waals surface area contributed by atoms with Crippen LogP contribution in [0.2, 0.25) is 0 Å². The highest BCUT2D eigenvalue weighted by atomic mass is 16.5. The van der Waals surface area contributed by atoms with E-state index in [-0.39, 0.29) is 5.69 Å². The number of anilines is 1. The molecular weight excluding hydrogens is 342 g/mol. The first-order valence-electron chi connectivity index (χ1n) is 9.62. The summed E-state index contributed by atoms with van der Waals surface area (Å²) >= 11 is 0. The molecule has 2 unspecified atom stereocenters. The summed E-state index contributed by atoms with van der Waals surface area (Å²) in [7, 11) is 3.28. The lowest BCUT2D eigenvalue weighted by molar-refractivity contribution is 0.354. The Hall–Kier alpha value is -2.50. The molecule has 6 nitrogen and oxygen atoms in total. The molecule has 0 bridgehead atoms. The molecule has 0 spiro atoms. The zero-order chi connectivity index (χ0) is 19.1. The second kappa shape index (κ2) is 6.91. The van der Waals surface area contributed by atoms with Gasteiger partial charge in [0.2, 0.25) is 0 Å². The maximum atomic E-state index is 12.7. The Morgan fingerprint density at radius 3 is 2.37 bits per heavy atom. The second-order valence-electron chi connectivity index (χ2n) is 7.90. The third-order valence-corrected chi connectivity index (χ3v) is 5.68. The number of methoxy groups -OCH3 is 2. The van der Waals surface area contributed by atoms with Crippen molar-refractivity contribution in [2.24, 2.45) is 11.8 Å². The quantitative estimate of drug-likeness (QED) is 0.833. The van der Waals surface area contributed by atoms with Crippen LogP contribution in [0.5, 0.6) is 11.5 Å². The van der Waals surface area contributed by atoms with Crippen LogP contribution in [0, 0.1) is 11.8 Å². The fourth-order valence-corrected chi connectivity index (χ4v) is 4.54. The van der Waals surface area contributed by atoms with E-state index in [2.05, 4.69) is 29.8 Å². The van der Waals surface area contributed by atoms with E-state index in [1.165, 1.54) is 12.0 Å². The van der Waals surface area contributed by atoms with Gasteiger partial charge in [-0.25, -0.2) is 4.79 Å². The Balaban J connectivity index is 1.82. The molecule has 0 N–H and O–H groups in total. The third-order valence-electron chi connectivity index (χ3n) is 5.68. The topological polar surface area (TPSA) is 56.6 Å². The fraction of sp³-hybridized carbons (Fsp3) is 0.524. The lowest BCUT2D eigenvalue weighted by Gasteiger charge is -2.36. The number of nitrogens with zero attached hydrogens (tertiary/aromatic N) is 3. The maximum Gasteiger partial charge on any atom is 0.350 e. The van der Waals surface area contributed by atoms with Gasteiger partial charge in [0.05, 0.1) is 19.9 Å². The number of aromatic nitrogens is 2. The van der Waals surface area contributed by atoms with Gasteiger partial charge in [-0.15, -0.1) is 0 Å². The average Bonchev–Trinajstić information content (AvgIpc) is 2.65. The standard InChI is InChI=1S/C21H27N3O3/c1-13-7-14(2)12-23(11-13)20-10-17-16-9-19(27-4)18(26-3)8-15(16)5-6-24(17)21(25)22-20/h8-10,13-14H,5-7,11-12H2,1-4H3. The summed E-state index contributed by atoms with van der Waals surface area (Å²) < 4.78 is 12.7. The molecule has 2 aromatic rings. The molecule has 1 aromatic heterocycles. The molecule has 6 heteroatoms. The normalized spacial score (nSPS) is 21.4. The molecule has 2 atom stereocenters. The van der Waals surface area contributed by atoms with Crippen LogP contribution in [0.15, 0.2) is 23.0 Å². The van der Waals surface area contributed by atoms with Gasteiger partial charge in [-0.05, 0) is 42.4 Å². The predicted octanol–water partition coefficient (Wildman–Crippen LogP) is 2.97. The smallest absolute Gasteiger partial charge is 0.350 e. The Morgan fingerprint density at radius 2 is 1.70 bits per heavy atom. The van der Waals surface area contributed by atoms with Gasteiger partial charge in [-0.1, -0.05) is 13.8 Å². The zero-order valence-electron chi connectivity index (χ0n) is 16.5. The number of piperidine rings is 1. The summed E-state index contributed by atoms with van der Waals surface area (Å²) in [5, 5.41) is 0. The highest BCUT2D eigenvalue weighted by molar-refractivity contribution is 5.72. The number of benzene rings is 1. The van der Waals surface area contributed by atoms with Gasteiger partial charge in [0.25, 0.3) is 0 Å². The number of aryl methyl sites for hydroxylation is 1. The molecule has 0 amide bonds. The predicted molar refractivity (Wildman–Crippen MR) is 106 cm³/mol. The molecule has 0 aliphatic carbocycles. The van der Waals surface area contributed by atoms with Gasteiger partial charge < -0.3 is 14.4 Å². The van der Waals surface area contributed by atoms with Gasteiger partial charge >= 0.3 is 5.69 Å². The SMILES string of the molecule is COc1cc2c(cc1OC)-c1cc(N3CC(C)CC(C)C3)nc(=O)n1CC2. The molecule has 27 heavy (non-hydrogen) atoms. The number of rotatable bonds is 3. The second-order valence-corrected chi connectivity index (χ2v) is 7.90. The fourth-order valence-electron chi connectivity index (χ4n) is 4.54. The molecule has 0 saturated carbocycles. The van der Waals surface area contributed by atoms with Crippen molar-refractivity contribution in [3.63, 3.8) is 0 Å². The molecule has 0 radical (unpaired) electrons. The van der Waals surface area contributed by atoms with Gasteiger partial charge in [-0.3, -0.25) is 4.57 Å². The first kappa shape index (κ1) is 17.9. The van der Waals surface area contributed by atoms with Gasteiger partial charge in [-0.2, -0.15) is 4.98 Å². The Morgan fingerprint density at radius 1 is 1.04 bits per heavy atom. The first-order valence-corrected chi connectivity index (χ1v) is 9.62. The molecule has 1 aromatic carbocycles. The molecule has 2 aliphatic rings. The van der Waals surface area contributed by atoms with Crippen molar-refractivity contribution in [2.75, 3.05) is 32.2 Å². The van der Waals surface area contributed by atoms with Crippen molar-refractivity contribution in [1.82, 2.24) is 9.55 Å². The van der Waals surface area contributed by atoms with Crippen LogP contribution in [-0.2, 0) is 13.0 Å². The molecule has 4 rings (SSSR count). The number of ether oxygens (including phenoxy) is 2. The minimum Gasteiger partial charge on any atom is -0.493 e. The molecule has 144 valence electrons. The van der Waals surface area contributed by atoms with Crippen molar-refractivity contribution in [2.45, 2.75) is 33.2 Å². The van der Waals surface area contributed by atoms with Crippen LogP contribution in [0.25, 0.3) is 11.3 Å². The summed E-state index contributed by atoms with van der Waals surface area (Å²) in [5.74, 6) is 3.39. The number of fused-ring (bicyclic) bond motifs is 3. The van der Waals surface area contributed by atoms with Crippen molar-refractivity contribution in [3.05, 3.63) is 34.2 Å². The molecule has 3 heterocycles. The Bertz CT molecular complexity index is 912. The van der Waals surface area contributed by atoms with Crippen molar-refractivity contribution >= 4 is 5.82 Å². The number of hydrogen-bond acceptors (Lipinski definition) is 5. The van der Waals surface area contributed by atoms with Crippen molar-refractivity contribution in [3.8, 4) is 22.8 Å². The van der Waals surface area contributed by atoms with Crippen LogP contribution in [0.1, 0.15) is 25.8 Å². The molecule has 1 saturated heterocycles. The van der Waals surface area contributed by atoms with E-state index in [4.69, 9.17) is 9.47 Å². The summed E-state index contributed by atoms with van der Waals surface area (Å²) in [6.07, 6.45) is 2.00. The lowest BCUT2D eigenvalue weighted by Crippen LogP contribution is -2.41. The van der Waals surface area contributed by atoms with Crippen LogP contribution in [-0.4, -0.2) is 36.9 Å². The van der Waals surface area contributed by atoms with Crippen LogP contribution in [0.3, 0.4) is 0 Å². The molecule has 1 fully saturated rings. The Labute approximate surface area is 159 Å². The lowest BCUT2D eigenvalue weighted by atomic mass is 9.91. The van der Waals surface area contributed by atoms with Crippen LogP contribution in [0.4, 0.5) is 5.82 Å². The van der Waals surface area contributed by atoms with Crippen molar-refractivity contribution < 1.29 is 9.47 Å². The van der Waals surface area contributed by atoms with Gasteiger partial charge in [0.15, 0.2) is 11.5 Å². The largest absolute Gasteiger partial charge is 0.493 e. The van der Waals surface area contributed by atoms with Gasteiger partial charge in [0.1, 0.15) is 5.82 Å². The highest BCUT2D eigenvalue weighted by Gasteiger charge is 2.26. The van der Waals surface area contributed by atoms with E-state index in [9.17, 15) is 4.79 Å². The third kappa shape index (κ3) is 3.17. The monoisotopic (exact) mass is 369 g/mol. The highest BCUT2D eigenvalue weighted by Crippen LogP contribution is 2.38. The number of hydrogen-bond donors (Lipinski definition) is 0. The maximum absolute atomic E-state index is 12.7. The minimum atomic E-state index is -0.172. The summed E-state index contributed by atoms with van der Waals surface area (Å²) in [5.41, 5.74) is 2.94. The van der Waals surface area contributed by atoms with E-state index in [1.807, 2.05) is 12.1 Å². The molecule has 2 aliphatic heterocycles. The first-order chi connectivity index (χ1) is 13.0. The van der Waals surface area contributed by atoms with E-state index in [0.717, 1.165) is 42.3 Å². The van der Waals surface area contributed by atoms with Crippen LogP contribution >= 0.6 is 0 Å². The van der Waals surface area contributed by atoms with Crippen molar-refractivity contribution in [1.29, 1.82) is 0 Å². The Kier molecular flexibility index (Phi) is 4.58. The zero-order valence-corrected chi connectivity index (χ0v) is 16.5. The minimum absolute atomic E-state index is 0.172. The van der Waals surface area contributed by atoms with E-state index < -0.39 is 0 Å². The van der Waals surface area contributed by atoms with E-state index in [0.29, 0.717) is 24.1 Å². The summed E-state index contributed by atoms with van der Waals surface area (Å²) in [6, 6.07) is 6.06. The summed E-state index contributed by atoms with van der Waals surface area (Å²) in [6.45, 7) is 7.05. The summed E-state index contributed by atoms with van der Waals surface area (Å²) in [4.78, 5) is 19.4.